The first-order valence-corrected chi connectivity index (χ1v) is 9.05. The van der Waals surface area contributed by atoms with Crippen molar-refractivity contribution in [2.24, 2.45) is 10.1 Å². The average Bonchev–Trinajstić information content (AvgIpc) is 2.96. The van der Waals surface area contributed by atoms with Gasteiger partial charge in [-0.05, 0) is 29.8 Å². The Hall–Kier alpha value is -1.97. The van der Waals surface area contributed by atoms with E-state index in [1.807, 2.05) is 0 Å². The Bertz CT molecular complexity index is 803. The molecule has 9 heteroatoms. The summed E-state index contributed by atoms with van der Waals surface area (Å²) >= 11 is 1.10. The van der Waals surface area contributed by atoms with Crippen molar-refractivity contribution in [2.75, 3.05) is 7.05 Å². The van der Waals surface area contributed by atoms with Gasteiger partial charge in [0.25, 0.3) is 0 Å². The molecule has 0 saturated heterocycles. The smallest absolute Gasteiger partial charge is 0.247 e. The number of benzene rings is 1. The number of nitrogens with zero attached hydrogens (tertiary/aromatic N) is 1. The maximum Gasteiger partial charge on any atom is 0.247 e. The van der Waals surface area contributed by atoms with Crippen LogP contribution >= 0.6 is 11.3 Å². The topological polar surface area (TPSA) is 96.6 Å². The van der Waals surface area contributed by atoms with Crippen LogP contribution in [0.25, 0.3) is 0 Å². The number of hydrogen-bond acceptors (Lipinski definition) is 4. The van der Waals surface area contributed by atoms with Gasteiger partial charge in [-0.15, -0.1) is 11.3 Å². The maximum atomic E-state index is 13.1. The molecule has 1 heterocycles. The van der Waals surface area contributed by atoms with Crippen LogP contribution in [0.2, 0.25) is 0 Å². The van der Waals surface area contributed by atoms with Crippen molar-refractivity contribution in [1.82, 2.24) is 10.6 Å². The number of nitrogens with two attached hydrogens (primary N) is 1. The number of guanidine groups is 1. The summed E-state index contributed by atoms with van der Waals surface area (Å²) in [6.07, 6.45) is 0. The first-order chi connectivity index (χ1) is 10.9. The van der Waals surface area contributed by atoms with Crippen LogP contribution in [-0.4, -0.2) is 21.4 Å². The monoisotopic (exact) mass is 356 g/mol. The fraction of sp³-hybridized carbons (Fsp3) is 0.214. The molecule has 1 aromatic heterocycles. The lowest BCUT2D eigenvalue weighted by atomic mass is 10.2. The molecule has 0 fully saturated rings. The van der Waals surface area contributed by atoms with Crippen molar-refractivity contribution in [1.29, 1.82) is 0 Å². The van der Waals surface area contributed by atoms with Crippen LogP contribution in [-0.2, 0) is 23.1 Å². The zero-order chi connectivity index (χ0) is 16.9. The minimum atomic E-state index is -3.67. The maximum absolute atomic E-state index is 13.1. The number of sulfonamides is 1. The molecule has 0 unspecified atom stereocenters. The summed E-state index contributed by atoms with van der Waals surface area (Å²) in [7, 11) is -2.05. The second-order valence-electron chi connectivity index (χ2n) is 4.67. The summed E-state index contributed by atoms with van der Waals surface area (Å²) in [5.41, 5.74) is 0.792. The second-order valence-corrected chi connectivity index (χ2v) is 7.63. The second kappa shape index (κ2) is 7.53. The van der Waals surface area contributed by atoms with Crippen LogP contribution in [0.15, 0.2) is 45.6 Å². The number of primary sulfonamides is 1. The SMILES string of the molecule is CN=C(NCc1cccc(F)c1)NCc1ccc(S(N)(=O)=O)s1. The van der Waals surface area contributed by atoms with E-state index in [-0.39, 0.29) is 10.0 Å². The molecule has 2 aromatic rings. The largest absolute Gasteiger partial charge is 0.352 e. The molecule has 23 heavy (non-hydrogen) atoms. The molecule has 0 radical (unpaired) electrons. The van der Waals surface area contributed by atoms with Crippen LogP contribution in [0.5, 0.6) is 0 Å². The number of aliphatic imine (C=N–C) groups is 1. The quantitative estimate of drug-likeness (QED) is 0.557. The number of thiophene rings is 1. The van der Waals surface area contributed by atoms with E-state index in [1.165, 1.54) is 18.2 Å². The molecule has 0 aliphatic rings. The summed E-state index contributed by atoms with van der Waals surface area (Å²) in [5.74, 6) is 0.237. The molecule has 0 amide bonds. The van der Waals surface area contributed by atoms with Gasteiger partial charge in [-0.1, -0.05) is 12.1 Å². The summed E-state index contributed by atoms with van der Waals surface area (Å²) < 4.78 is 35.7. The van der Waals surface area contributed by atoms with Crippen LogP contribution < -0.4 is 15.8 Å². The Morgan fingerprint density at radius 1 is 1.26 bits per heavy atom. The molecule has 0 aliphatic carbocycles. The van der Waals surface area contributed by atoms with Gasteiger partial charge < -0.3 is 10.6 Å². The molecule has 1 aromatic carbocycles. The lowest BCUT2D eigenvalue weighted by Gasteiger charge is -2.11. The van der Waals surface area contributed by atoms with Crippen LogP contribution in [0, 0.1) is 5.82 Å². The van der Waals surface area contributed by atoms with Gasteiger partial charge in [0.1, 0.15) is 10.0 Å². The fourth-order valence-corrected chi connectivity index (χ4v) is 3.55. The minimum absolute atomic E-state index is 0.122. The van der Waals surface area contributed by atoms with Gasteiger partial charge in [-0.25, -0.2) is 17.9 Å². The highest BCUT2D eigenvalue weighted by molar-refractivity contribution is 7.91. The Morgan fingerprint density at radius 3 is 2.61 bits per heavy atom. The first-order valence-electron chi connectivity index (χ1n) is 6.69. The first kappa shape index (κ1) is 17.4. The van der Waals surface area contributed by atoms with E-state index < -0.39 is 10.0 Å². The highest BCUT2D eigenvalue weighted by atomic mass is 32.2. The summed E-state index contributed by atoms with van der Waals surface area (Å²) in [6, 6.07) is 9.44. The van der Waals surface area contributed by atoms with Crippen molar-refractivity contribution in [3.05, 3.63) is 52.7 Å². The number of rotatable bonds is 5. The third kappa shape index (κ3) is 5.31. The molecule has 2 rings (SSSR count). The molecule has 4 N–H and O–H groups in total. The molecule has 6 nitrogen and oxygen atoms in total. The third-order valence-electron chi connectivity index (χ3n) is 2.92. The highest BCUT2D eigenvalue weighted by Gasteiger charge is 2.11. The van der Waals surface area contributed by atoms with Gasteiger partial charge in [0.15, 0.2) is 5.96 Å². The van der Waals surface area contributed by atoms with Gasteiger partial charge in [0.2, 0.25) is 10.0 Å². The summed E-state index contributed by atoms with van der Waals surface area (Å²) in [4.78, 5) is 4.87. The number of nitrogens with one attached hydrogen (secondary N) is 2. The van der Waals surface area contributed by atoms with Crippen LogP contribution in [0.1, 0.15) is 10.4 Å². The van der Waals surface area contributed by atoms with Crippen molar-refractivity contribution in [2.45, 2.75) is 17.3 Å². The number of halogens is 1. The Labute approximate surface area is 138 Å². The molecule has 0 atom stereocenters. The Morgan fingerprint density at radius 2 is 2.00 bits per heavy atom. The molecule has 0 bridgehead atoms. The van der Waals surface area contributed by atoms with Gasteiger partial charge in [0, 0.05) is 18.5 Å². The van der Waals surface area contributed by atoms with E-state index in [2.05, 4.69) is 15.6 Å². The van der Waals surface area contributed by atoms with E-state index in [0.29, 0.717) is 19.0 Å². The molecule has 124 valence electrons. The minimum Gasteiger partial charge on any atom is -0.352 e. The Kier molecular flexibility index (Phi) is 5.69. The van der Waals surface area contributed by atoms with Gasteiger partial charge >= 0.3 is 0 Å². The molecule has 0 saturated carbocycles. The van der Waals surface area contributed by atoms with E-state index in [9.17, 15) is 12.8 Å². The standard InChI is InChI=1S/C14H17FN4O2S2/c1-17-14(18-8-10-3-2-4-11(15)7-10)19-9-12-5-6-13(22-12)23(16,20)21/h2-7H,8-9H2,1H3,(H2,16,20,21)(H2,17,18,19). The average molecular weight is 356 g/mol. The van der Waals surface area contributed by atoms with Crippen molar-refractivity contribution < 1.29 is 12.8 Å². The predicted octanol–water partition coefficient (Wildman–Crippen LogP) is 1.40. The summed E-state index contributed by atoms with van der Waals surface area (Å²) in [5, 5.41) is 11.2. The molecular weight excluding hydrogens is 339 g/mol. The van der Waals surface area contributed by atoms with E-state index in [1.54, 1.807) is 25.2 Å². The van der Waals surface area contributed by atoms with Crippen molar-refractivity contribution in [3.63, 3.8) is 0 Å². The fourth-order valence-electron chi connectivity index (χ4n) is 1.83. The van der Waals surface area contributed by atoms with Gasteiger partial charge in [-0.3, -0.25) is 4.99 Å². The van der Waals surface area contributed by atoms with Gasteiger partial charge in [0.05, 0.1) is 6.54 Å². The van der Waals surface area contributed by atoms with Gasteiger partial charge in [-0.2, -0.15) is 0 Å². The number of hydrogen-bond donors (Lipinski definition) is 3. The van der Waals surface area contributed by atoms with E-state index >= 15 is 0 Å². The third-order valence-corrected chi connectivity index (χ3v) is 5.44. The van der Waals surface area contributed by atoms with Crippen LogP contribution in [0.4, 0.5) is 4.39 Å². The van der Waals surface area contributed by atoms with Crippen LogP contribution in [0.3, 0.4) is 0 Å². The normalized spacial score (nSPS) is 12.2. The highest BCUT2D eigenvalue weighted by Crippen LogP contribution is 2.19. The summed E-state index contributed by atoms with van der Waals surface area (Å²) in [6.45, 7) is 0.827. The predicted molar refractivity (Wildman–Crippen MR) is 89.1 cm³/mol. The Balaban J connectivity index is 1.89. The lowest BCUT2D eigenvalue weighted by molar-refractivity contribution is 0.600. The lowest BCUT2D eigenvalue weighted by Crippen LogP contribution is -2.36. The molecule has 0 spiro atoms. The van der Waals surface area contributed by atoms with Crippen molar-refractivity contribution in [3.8, 4) is 0 Å². The van der Waals surface area contributed by atoms with E-state index in [4.69, 9.17) is 5.14 Å². The molecular formula is C14H17FN4O2S2. The van der Waals surface area contributed by atoms with Crippen molar-refractivity contribution >= 4 is 27.3 Å². The molecule has 0 aliphatic heterocycles. The zero-order valence-electron chi connectivity index (χ0n) is 12.4. The van der Waals surface area contributed by atoms with E-state index in [0.717, 1.165) is 21.8 Å². The zero-order valence-corrected chi connectivity index (χ0v) is 14.0.